The van der Waals surface area contributed by atoms with Gasteiger partial charge < -0.3 is 10.5 Å². The van der Waals surface area contributed by atoms with E-state index >= 15 is 0 Å². The van der Waals surface area contributed by atoms with Gasteiger partial charge in [0.1, 0.15) is 0 Å². The van der Waals surface area contributed by atoms with Crippen molar-refractivity contribution in [1.29, 1.82) is 0 Å². The van der Waals surface area contributed by atoms with E-state index in [0.717, 1.165) is 25.9 Å². The summed E-state index contributed by atoms with van der Waals surface area (Å²) in [6.45, 7) is 4.79. The Hall–Kier alpha value is -0.570. The summed E-state index contributed by atoms with van der Waals surface area (Å²) in [5.74, 6) is -0.257. The maximum absolute atomic E-state index is 10.4. The van der Waals surface area contributed by atoms with Crippen molar-refractivity contribution in [1.82, 2.24) is 0 Å². The molecule has 0 saturated carbocycles. The molecule has 0 radical (unpaired) electrons. The lowest BCUT2D eigenvalue weighted by Crippen LogP contribution is -2.25. The molecule has 1 aliphatic rings. The number of hydrogen-bond donors (Lipinski definition) is 1. The van der Waals surface area contributed by atoms with Crippen LogP contribution in [0.2, 0.25) is 0 Å². The smallest absolute Gasteiger partial charge is 0.220 e. The molecule has 1 fully saturated rings. The molecule has 1 unspecified atom stereocenters. The minimum absolute atomic E-state index is 0. The lowest BCUT2D eigenvalue weighted by molar-refractivity contribution is -0.121. The molecule has 74 valence electrons. The number of nitrogens with two attached hydrogens (primary N) is 1. The molecule has 1 atom stereocenters. The second kappa shape index (κ2) is 7.10. The Morgan fingerprint density at radius 3 is 2.67 bits per heavy atom. The van der Waals surface area contributed by atoms with Crippen LogP contribution < -0.4 is 5.73 Å². The quantitative estimate of drug-likeness (QED) is 0.694. The monoisotopic (exact) mass is 175 g/mol. The fourth-order valence-corrected chi connectivity index (χ4v) is 1.19. The molecular weight excluding hydrogens is 154 g/mol. The molecule has 0 spiro atoms. The van der Waals surface area contributed by atoms with Gasteiger partial charge in [0.2, 0.25) is 5.91 Å². The maximum atomic E-state index is 10.4. The van der Waals surface area contributed by atoms with Crippen LogP contribution >= 0.6 is 0 Å². The van der Waals surface area contributed by atoms with Gasteiger partial charge in [0.15, 0.2) is 0 Å². The van der Waals surface area contributed by atoms with Crippen LogP contribution in [0.25, 0.3) is 0 Å². The lowest BCUT2D eigenvalue weighted by atomic mass is 10.1. The molecular formula is C9H21NO2. The standard InChI is InChI=1S/C7H13NO2.C2H6.H2/c8-7(9)5-6-3-1-2-4-10-6;1-2;/h6H,1-5H2,(H2,8,9);1-2H3;1H. The summed E-state index contributed by atoms with van der Waals surface area (Å²) >= 11 is 0. The molecule has 0 aromatic rings. The molecule has 1 aliphatic heterocycles. The van der Waals surface area contributed by atoms with Gasteiger partial charge in [-0.25, -0.2) is 0 Å². The number of carbonyl (C=O) groups is 1. The first-order chi connectivity index (χ1) is 5.79. The van der Waals surface area contributed by atoms with E-state index in [-0.39, 0.29) is 13.4 Å². The Bertz CT molecular complexity index is 125. The highest BCUT2D eigenvalue weighted by molar-refractivity contribution is 5.74. The Kier molecular flexibility index (Phi) is 6.76. The molecule has 1 saturated heterocycles. The van der Waals surface area contributed by atoms with Crippen molar-refractivity contribution < 1.29 is 11.0 Å². The molecule has 3 heteroatoms. The third kappa shape index (κ3) is 5.13. The second-order valence-electron chi connectivity index (χ2n) is 2.66. The third-order valence-corrected chi connectivity index (χ3v) is 1.70. The number of ether oxygens (including phenoxy) is 1. The van der Waals surface area contributed by atoms with Crippen molar-refractivity contribution in [3.63, 3.8) is 0 Å². The molecule has 0 aromatic carbocycles. The number of amides is 1. The van der Waals surface area contributed by atoms with Crippen LogP contribution in [-0.2, 0) is 9.53 Å². The van der Waals surface area contributed by atoms with Gasteiger partial charge in [0.05, 0.1) is 12.5 Å². The summed E-state index contributed by atoms with van der Waals surface area (Å²) in [6, 6.07) is 0. The highest BCUT2D eigenvalue weighted by Crippen LogP contribution is 2.14. The number of hydrogen-bond acceptors (Lipinski definition) is 2. The average molecular weight is 175 g/mol. The van der Waals surface area contributed by atoms with E-state index in [1.165, 1.54) is 0 Å². The van der Waals surface area contributed by atoms with Crippen LogP contribution in [-0.4, -0.2) is 18.6 Å². The Morgan fingerprint density at radius 2 is 2.25 bits per heavy atom. The van der Waals surface area contributed by atoms with Gasteiger partial charge in [-0.1, -0.05) is 13.8 Å². The van der Waals surface area contributed by atoms with Gasteiger partial charge in [-0.05, 0) is 19.3 Å². The topological polar surface area (TPSA) is 52.3 Å². The van der Waals surface area contributed by atoms with E-state index in [2.05, 4.69) is 0 Å². The van der Waals surface area contributed by atoms with Crippen molar-refractivity contribution >= 4 is 5.91 Å². The van der Waals surface area contributed by atoms with Gasteiger partial charge in [-0.2, -0.15) is 0 Å². The molecule has 1 heterocycles. The van der Waals surface area contributed by atoms with Crippen LogP contribution in [0.1, 0.15) is 41.0 Å². The van der Waals surface area contributed by atoms with E-state index in [9.17, 15) is 4.79 Å². The first-order valence-corrected chi connectivity index (χ1v) is 4.69. The summed E-state index contributed by atoms with van der Waals surface area (Å²) in [7, 11) is 0. The number of primary amides is 1. The summed E-state index contributed by atoms with van der Waals surface area (Å²) in [4.78, 5) is 10.4. The van der Waals surface area contributed by atoms with E-state index in [4.69, 9.17) is 10.5 Å². The van der Waals surface area contributed by atoms with E-state index in [1.807, 2.05) is 13.8 Å². The minimum Gasteiger partial charge on any atom is -0.378 e. The summed E-state index contributed by atoms with van der Waals surface area (Å²) in [6.07, 6.45) is 3.77. The van der Waals surface area contributed by atoms with Crippen molar-refractivity contribution in [2.24, 2.45) is 5.73 Å². The fraction of sp³-hybridized carbons (Fsp3) is 0.889. The molecule has 1 rings (SSSR count). The van der Waals surface area contributed by atoms with Gasteiger partial charge >= 0.3 is 0 Å². The average Bonchev–Trinajstić information content (AvgIpc) is 2.08. The predicted molar refractivity (Wildman–Crippen MR) is 50.9 cm³/mol. The van der Waals surface area contributed by atoms with Gasteiger partial charge in [-0.15, -0.1) is 0 Å². The fourth-order valence-electron chi connectivity index (χ4n) is 1.19. The Balaban J connectivity index is 0. The SMILES string of the molecule is CC.NC(=O)CC1CCCCO1.[HH]. The molecule has 1 amide bonds. The second-order valence-corrected chi connectivity index (χ2v) is 2.66. The largest absolute Gasteiger partial charge is 0.378 e. The summed E-state index contributed by atoms with van der Waals surface area (Å²) in [5.41, 5.74) is 5.00. The van der Waals surface area contributed by atoms with Gasteiger partial charge in [0, 0.05) is 8.03 Å². The molecule has 0 aliphatic carbocycles. The predicted octanol–water partition coefficient (Wildman–Crippen LogP) is 1.70. The van der Waals surface area contributed by atoms with Gasteiger partial charge in [-0.3, -0.25) is 4.79 Å². The van der Waals surface area contributed by atoms with E-state index in [1.54, 1.807) is 0 Å². The molecule has 3 nitrogen and oxygen atoms in total. The Morgan fingerprint density at radius 1 is 1.58 bits per heavy atom. The van der Waals surface area contributed by atoms with Crippen LogP contribution in [0.5, 0.6) is 0 Å². The number of rotatable bonds is 2. The molecule has 0 bridgehead atoms. The van der Waals surface area contributed by atoms with Crippen LogP contribution in [0.4, 0.5) is 0 Å². The molecule has 0 aromatic heterocycles. The lowest BCUT2D eigenvalue weighted by Gasteiger charge is -2.20. The first kappa shape index (κ1) is 11.4. The third-order valence-electron chi connectivity index (χ3n) is 1.70. The van der Waals surface area contributed by atoms with Crippen molar-refractivity contribution in [3.05, 3.63) is 0 Å². The zero-order chi connectivity index (χ0) is 9.40. The van der Waals surface area contributed by atoms with Crippen molar-refractivity contribution in [2.75, 3.05) is 6.61 Å². The zero-order valence-electron chi connectivity index (χ0n) is 8.01. The van der Waals surface area contributed by atoms with Crippen molar-refractivity contribution in [3.8, 4) is 0 Å². The highest BCUT2D eigenvalue weighted by Gasteiger charge is 2.15. The zero-order valence-corrected chi connectivity index (χ0v) is 8.01. The van der Waals surface area contributed by atoms with Crippen LogP contribution in [0, 0.1) is 0 Å². The Labute approximate surface area is 75.8 Å². The normalized spacial score (nSPS) is 22.3. The molecule has 12 heavy (non-hydrogen) atoms. The van der Waals surface area contributed by atoms with Crippen molar-refractivity contribution in [2.45, 2.75) is 45.6 Å². The molecule has 2 N–H and O–H groups in total. The van der Waals surface area contributed by atoms with Crippen LogP contribution in [0.15, 0.2) is 0 Å². The minimum atomic E-state index is -0.257. The highest BCUT2D eigenvalue weighted by atomic mass is 16.5. The maximum Gasteiger partial charge on any atom is 0.220 e. The van der Waals surface area contributed by atoms with E-state index in [0.29, 0.717) is 6.42 Å². The first-order valence-electron chi connectivity index (χ1n) is 4.69. The summed E-state index contributed by atoms with van der Waals surface area (Å²) < 4.78 is 5.29. The van der Waals surface area contributed by atoms with Crippen LogP contribution in [0.3, 0.4) is 0 Å². The number of carbonyl (C=O) groups excluding carboxylic acids is 1. The summed E-state index contributed by atoms with van der Waals surface area (Å²) in [5, 5.41) is 0. The van der Waals surface area contributed by atoms with Gasteiger partial charge in [0.25, 0.3) is 0 Å². The van der Waals surface area contributed by atoms with E-state index < -0.39 is 0 Å².